The Kier molecular flexibility index (Phi) is 5.50. The average Bonchev–Trinajstić information content (AvgIpc) is 2.11. The van der Waals surface area contributed by atoms with Gasteiger partial charge < -0.3 is 10.6 Å². The lowest BCUT2D eigenvalue weighted by molar-refractivity contribution is -0.165. The van der Waals surface area contributed by atoms with Crippen LogP contribution in [0.3, 0.4) is 0 Å². The van der Waals surface area contributed by atoms with Crippen molar-refractivity contribution in [1.82, 2.24) is 4.90 Å². The first-order valence-corrected chi connectivity index (χ1v) is 4.92. The third-order valence-electron chi connectivity index (χ3n) is 1.99. The highest BCUT2D eigenvalue weighted by Crippen LogP contribution is 2.18. The molecule has 0 aromatic carbocycles. The maximum absolute atomic E-state index is 12.2. The van der Waals surface area contributed by atoms with Crippen molar-refractivity contribution in [3.63, 3.8) is 0 Å². The Labute approximate surface area is 93.1 Å². The molecule has 0 bridgehead atoms. The fourth-order valence-electron chi connectivity index (χ4n) is 1.20. The number of nitrogens with two attached hydrogens (primary N) is 1. The maximum atomic E-state index is 12.2. The Morgan fingerprint density at radius 1 is 1.50 bits per heavy atom. The molecular weight excluding hydrogens is 221 g/mol. The molecule has 6 heteroatoms. The predicted octanol–water partition coefficient (Wildman–Crippen LogP) is 1.69. The molecule has 1 atom stereocenters. The highest BCUT2D eigenvalue weighted by molar-refractivity contribution is 5.82. The molecule has 94 valence electrons. The molecule has 0 rings (SSSR count). The number of amides is 1. The Balaban J connectivity index is 4.66. The molecule has 0 aliphatic rings. The van der Waals surface area contributed by atoms with E-state index in [2.05, 4.69) is 6.58 Å². The van der Waals surface area contributed by atoms with Crippen molar-refractivity contribution in [2.24, 2.45) is 5.73 Å². The summed E-state index contributed by atoms with van der Waals surface area (Å²) < 4.78 is 36.7. The lowest BCUT2D eigenvalue weighted by Crippen LogP contribution is -2.50. The van der Waals surface area contributed by atoms with E-state index in [0.717, 1.165) is 4.90 Å². The second-order valence-corrected chi connectivity index (χ2v) is 3.81. The molecule has 0 fully saturated rings. The van der Waals surface area contributed by atoms with Crippen LogP contribution in [0.1, 0.15) is 20.3 Å². The molecule has 0 aliphatic carbocycles. The van der Waals surface area contributed by atoms with E-state index in [1.165, 1.54) is 19.9 Å². The molecule has 0 aromatic rings. The SMILES string of the molecule is C=CCC(N)C(=O)N(CC(F)(F)F)C(C)C. The number of halogens is 3. The molecule has 0 radical (unpaired) electrons. The van der Waals surface area contributed by atoms with E-state index in [1.807, 2.05) is 0 Å². The molecule has 2 N–H and O–H groups in total. The number of carbonyl (C=O) groups excluding carboxylic acids is 1. The quantitative estimate of drug-likeness (QED) is 0.741. The minimum atomic E-state index is -4.41. The van der Waals surface area contributed by atoms with Crippen molar-refractivity contribution >= 4 is 5.91 Å². The van der Waals surface area contributed by atoms with Crippen molar-refractivity contribution in [3.05, 3.63) is 12.7 Å². The number of nitrogens with zero attached hydrogens (tertiary/aromatic N) is 1. The molecule has 3 nitrogen and oxygen atoms in total. The van der Waals surface area contributed by atoms with Crippen LogP contribution in [0.25, 0.3) is 0 Å². The number of alkyl halides is 3. The standard InChI is InChI=1S/C10H17F3N2O/c1-4-5-8(14)9(16)15(7(2)3)6-10(11,12)13/h4,7-8H,1,5-6,14H2,2-3H3. The second-order valence-electron chi connectivity index (χ2n) is 3.81. The molecule has 16 heavy (non-hydrogen) atoms. The third kappa shape index (κ3) is 5.16. The summed E-state index contributed by atoms with van der Waals surface area (Å²) in [7, 11) is 0. The largest absolute Gasteiger partial charge is 0.406 e. The van der Waals surface area contributed by atoms with E-state index >= 15 is 0 Å². The summed E-state index contributed by atoms with van der Waals surface area (Å²) in [5.41, 5.74) is 5.46. The van der Waals surface area contributed by atoms with Crippen LogP contribution >= 0.6 is 0 Å². The number of rotatable bonds is 5. The molecule has 0 aliphatic heterocycles. The minimum Gasteiger partial charge on any atom is -0.330 e. The van der Waals surface area contributed by atoms with Gasteiger partial charge in [0.2, 0.25) is 5.91 Å². The first kappa shape index (κ1) is 15.0. The van der Waals surface area contributed by atoms with Crippen molar-refractivity contribution in [2.45, 2.75) is 38.5 Å². The van der Waals surface area contributed by atoms with Crippen LogP contribution in [-0.4, -0.2) is 35.6 Å². The smallest absolute Gasteiger partial charge is 0.330 e. The van der Waals surface area contributed by atoms with Crippen molar-refractivity contribution in [1.29, 1.82) is 0 Å². The highest BCUT2D eigenvalue weighted by atomic mass is 19.4. The number of carbonyl (C=O) groups is 1. The predicted molar refractivity (Wildman–Crippen MR) is 55.7 cm³/mol. The van der Waals surface area contributed by atoms with Gasteiger partial charge in [0.25, 0.3) is 0 Å². The van der Waals surface area contributed by atoms with Gasteiger partial charge in [0.05, 0.1) is 6.04 Å². The first-order chi connectivity index (χ1) is 7.19. The zero-order valence-electron chi connectivity index (χ0n) is 9.42. The van der Waals surface area contributed by atoms with Crippen molar-refractivity contribution < 1.29 is 18.0 Å². The Morgan fingerprint density at radius 2 is 2.00 bits per heavy atom. The summed E-state index contributed by atoms with van der Waals surface area (Å²) in [5, 5.41) is 0. The summed E-state index contributed by atoms with van der Waals surface area (Å²) in [6.07, 6.45) is -2.83. The van der Waals surface area contributed by atoms with Crippen LogP contribution < -0.4 is 5.73 Å². The fraction of sp³-hybridized carbons (Fsp3) is 0.700. The third-order valence-corrected chi connectivity index (χ3v) is 1.99. The Bertz CT molecular complexity index is 251. The molecule has 0 saturated carbocycles. The van der Waals surface area contributed by atoms with Crippen LogP contribution in [0.5, 0.6) is 0 Å². The van der Waals surface area contributed by atoms with E-state index in [-0.39, 0.29) is 6.42 Å². The average molecular weight is 238 g/mol. The lowest BCUT2D eigenvalue weighted by atomic mass is 10.1. The van der Waals surface area contributed by atoms with Gasteiger partial charge in [-0.2, -0.15) is 13.2 Å². The number of hydrogen-bond acceptors (Lipinski definition) is 2. The molecule has 1 amide bonds. The van der Waals surface area contributed by atoms with Crippen molar-refractivity contribution in [2.75, 3.05) is 6.54 Å². The van der Waals surface area contributed by atoms with Crippen LogP contribution in [-0.2, 0) is 4.79 Å². The van der Waals surface area contributed by atoms with Crippen molar-refractivity contribution in [3.8, 4) is 0 Å². The number of hydrogen-bond donors (Lipinski definition) is 1. The van der Waals surface area contributed by atoms with Crippen LogP contribution in [0.15, 0.2) is 12.7 Å². The van der Waals surface area contributed by atoms with Gasteiger partial charge in [0, 0.05) is 6.04 Å². The van der Waals surface area contributed by atoms with E-state index in [1.54, 1.807) is 0 Å². The maximum Gasteiger partial charge on any atom is 0.406 e. The summed E-state index contributed by atoms with van der Waals surface area (Å²) in [5.74, 6) is -0.702. The van der Waals surface area contributed by atoms with Gasteiger partial charge in [-0.3, -0.25) is 4.79 Å². The summed E-state index contributed by atoms with van der Waals surface area (Å²) in [6.45, 7) is 5.16. The summed E-state index contributed by atoms with van der Waals surface area (Å²) in [6, 6.07) is -1.49. The van der Waals surface area contributed by atoms with Gasteiger partial charge in [0.15, 0.2) is 0 Å². The monoisotopic (exact) mass is 238 g/mol. The molecule has 0 spiro atoms. The van der Waals surface area contributed by atoms with Crippen LogP contribution in [0, 0.1) is 0 Å². The Morgan fingerprint density at radius 3 is 2.31 bits per heavy atom. The topological polar surface area (TPSA) is 46.3 Å². The molecule has 0 aromatic heterocycles. The van der Waals surface area contributed by atoms with E-state index in [4.69, 9.17) is 5.73 Å². The van der Waals surface area contributed by atoms with Crippen LogP contribution in [0.2, 0.25) is 0 Å². The molecule has 1 unspecified atom stereocenters. The van der Waals surface area contributed by atoms with Crippen LogP contribution in [0.4, 0.5) is 13.2 Å². The van der Waals surface area contributed by atoms with Gasteiger partial charge in [-0.1, -0.05) is 6.08 Å². The summed E-state index contributed by atoms with van der Waals surface area (Å²) in [4.78, 5) is 12.3. The zero-order valence-corrected chi connectivity index (χ0v) is 9.42. The fourth-order valence-corrected chi connectivity index (χ4v) is 1.20. The second kappa shape index (κ2) is 5.89. The normalized spacial score (nSPS) is 13.7. The lowest BCUT2D eigenvalue weighted by Gasteiger charge is -2.29. The van der Waals surface area contributed by atoms with E-state index in [0.29, 0.717) is 0 Å². The minimum absolute atomic E-state index is 0.167. The van der Waals surface area contributed by atoms with Gasteiger partial charge >= 0.3 is 6.18 Å². The molecule has 0 saturated heterocycles. The first-order valence-electron chi connectivity index (χ1n) is 4.92. The summed E-state index contributed by atoms with van der Waals surface area (Å²) >= 11 is 0. The molecule has 0 heterocycles. The zero-order chi connectivity index (χ0) is 12.9. The van der Waals surface area contributed by atoms with Gasteiger partial charge in [-0.15, -0.1) is 6.58 Å². The van der Waals surface area contributed by atoms with Gasteiger partial charge in [-0.25, -0.2) is 0 Å². The van der Waals surface area contributed by atoms with E-state index in [9.17, 15) is 18.0 Å². The Hall–Kier alpha value is -1.04. The van der Waals surface area contributed by atoms with Gasteiger partial charge in [-0.05, 0) is 20.3 Å². The molecular formula is C10H17F3N2O. The highest BCUT2D eigenvalue weighted by Gasteiger charge is 2.35. The van der Waals surface area contributed by atoms with E-state index < -0.39 is 30.7 Å². The van der Waals surface area contributed by atoms with Gasteiger partial charge in [0.1, 0.15) is 6.54 Å².